The molecule has 0 radical (unpaired) electrons. The molecule has 196 valence electrons. The van der Waals surface area contributed by atoms with Crippen molar-refractivity contribution in [1.82, 2.24) is 14.8 Å². The van der Waals surface area contributed by atoms with Crippen molar-refractivity contribution in [2.45, 2.75) is 17.3 Å². The number of methoxy groups -OCH3 is 3. The van der Waals surface area contributed by atoms with Gasteiger partial charge in [-0.1, -0.05) is 30.0 Å². The number of carbonyl (C=O) groups excluding carboxylic acids is 1. The van der Waals surface area contributed by atoms with E-state index in [1.54, 1.807) is 19.1 Å². The average Bonchev–Trinajstić information content (AvgIpc) is 3.36. The molecule has 1 atom stereocenters. The fourth-order valence-electron chi connectivity index (χ4n) is 3.68. The van der Waals surface area contributed by atoms with Crippen molar-refractivity contribution in [2.75, 3.05) is 26.6 Å². The van der Waals surface area contributed by atoms with Gasteiger partial charge in [0.25, 0.3) is 5.69 Å². The topological polar surface area (TPSA) is 131 Å². The fraction of sp³-hybridized carbons (Fsp3) is 0.192. The number of rotatable bonds is 10. The summed E-state index contributed by atoms with van der Waals surface area (Å²) in [5.41, 5.74) is 1.87. The lowest BCUT2D eigenvalue weighted by atomic mass is 10.1. The first-order chi connectivity index (χ1) is 18.4. The first-order valence-electron chi connectivity index (χ1n) is 11.4. The third-order valence-corrected chi connectivity index (χ3v) is 6.61. The summed E-state index contributed by atoms with van der Waals surface area (Å²) in [6.07, 6.45) is 0. The van der Waals surface area contributed by atoms with E-state index in [9.17, 15) is 14.9 Å². The van der Waals surface area contributed by atoms with Crippen LogP contribution < -0.4 is 19.5 Å². The number of anilines is 1. The second-order valence-corrected chi connectivity index (χ2v) is 9.25. The molecule has 0 aliphatic heterocycles. The lowest BCUT2D eigenvalue weighted by Gasteiger charge is -2.16. The van der Waals surface area contributed by atoms with E-state index >= 15 is 0 Å². The van der Waals surface area contributed by atoms with Crippen LogP contribution in [-0.2, 0) is 4.79 Å². The number of non-ortho nitro benzene ring substituents is 1. The van der Waals surface area contributed by atoms with E-state index in [1.807, 2.05) is 34.9 Å². The molecule has 4 aromatic rings. The predicted octanol–water partition coefficient (Wildman–Crippen LogP) is 4.99. The van der Waals surface area contributed by atoms with Gasteiger partial charge in [0.15, 0.2) is 22.5 Å². The molecule has 1 amide bonds. The van der Waals surface area contributed by atoms with Crippen LogP contribution in [0.3, 0.4) is 0 Å². The van der Waals surface area contributed by atoms with Gasteiger partial charge in [0.1, 0.15) is 0 Å². The van der Waals surface area contributed by atoms with E-state index in [0.717, 1.165) is 5.69 Å². The molecule has 3 aromatic carbocycles. The van der Waals surface area contributed by atoms with Crippen LogP contribution in [0.5, 0.6) is 17.2 Å². The molecule has 0 fully saturated rings. The number of carbonyl (C=O) groups is 1. The molecule has 0 saturated carbocycles. The molecule has 12 heteroatoms. The van der Waals surface area contributed by atoms with E-state index in [2.05, 4.69) is 15.5 Å². The van der Waals surface area contributed by atoms with Crippen molar-refractivity contribution in [2.24, 2.45) is 0 Å². The van der Waals surface area contributed by atoms with Gasteiger partial charge < -0.3 is 19.5 Å². The van der Waals surface area contributed by atoms with Gasteiger partial charge in [-0.3, -0.25) is 19.5 Å². The fourth-order valence-corrected chi connectivity index (χ4v) is 4.54. The molecular weight excluding hydrogens is 510 g/mol. The molecule has 1 heterocycles. The highest BCUT2D eigenvalue weighted by Gasteiger charge is 2.24. The molecule has 0 spiro atoms. The molecular formula is C26H25N5O6S. The van der Waals surface area contributed by atoms with Crippen LogP contribution in [0.15, 0.2) is 71.9 Å². The Labute approximate surface area is 222 Å². The summed E-state index contributed by atoms with van der Waals surface area (Å²) in [5, 5.41) is 22.4. The SMILES string of the molecule is COc1cc(-c2nnc(SC(C)C(=O)Nc3ccc([N+](=O)[O-])cc3)n2-c2ccccc2)cc(OC)c1OC. The first kappa shape index (κ1) is 26.5. The number of hydrogen-bond acceptors (Lipinski definition) is 9. The van der Waals surface area contributed by atoms with Crippen LogP contribution in [0.4, 0.5) is 11.4 Å². The van der Waals surface area contributed by atoms with Crippen molar-refractivity contribution in [3.63, 3.8) is 0 Å². The Morgan fingerprint density at radius 1 is 0.974 bits per heavy atom. The molecule has 4 rings (SSSR count). The smallest absolute Gasteiger partial charge is 0.269 e. The molecule has 0 saturated heterocycles. The van der Waals surface area contributed by atoms with Gasteiger partial charge in [-0.15, -0.1) is 10.2 Å². The van der Waals surface area contributed by atoms with Crippen LogP contribution in [-0.4, -0.2) is 52.2 Å². The zero-order valence-corrected chi connectivity index (χ0v) is 21.9. The van der Waals surface area contributed by atoms with Gasteiger partial charge in [0.05, 0.1) is 31.5 Å². The Morgan fingerprint density at radius 3 is 2.16 bits per heavy atom. The number of amides is 1. The Bertz CT molecular complexity index is 1420. The summed E-state index contributed by atoms with van der Waals surface area (Å²) in [5.74, 6) is 1.61. The van der Waals surface area contributed by atoms with Crippen LogP contribution >= 0.6 is 11.8 Å². The summed E-state index contributed by atoms with van der Waals surface area (Å²) in [6, 6.07) is 18.7. The van der Waals surface area contributed by atoms with Crippen molar-refractivity contribution >= 4 is 29.0 Å². The van der Waals surface area contributed by atoms with E-state index in [1.165, 1.54) is 57.4 Å². The Balaban J connectivity index is 1.67. The number of benzene rings is 3. The molecule has 11 nitrogen and oxygen atoms in total. The molecule has 0 aliphatic carbocycles. The van der Waals surface area contributed by atoms with Gasteiger partial charge in [-0.25, -0.2) is 0 Å². The van der Waals surface area contributed by atoms with E-state index in [4.69, 9.17) is 14.2 Å². The number of para-hydroxylation sites is 1. The lowest BCUT2D eigenvalue weighted by molar-refractivity contribution is -0.384. The van der Waals surface area contributed by atoms with E-state index in [0.29, 0.717) is 39.5 Å². The average molecular weight is 536 g/mol. The Morgan fingerprint density at radius 2 is 1.61 bits per heavy atom. The van der Waals surface area contributed by atoms with Gasteiger partial charge in [-0.2, -0.15) is 0 Å². The third kappa shape index (κ3) is 5.54. The second kappa shape index (κ2) is 11.6. The molecule has 38 heavy (non-hydrogen) atoms. The van der Waals surface area contributed by atoms with E-state index in [-0.39, 0.29) is 11.6 Å². The van der Waals surface area contributed by atoms with Crippen LogP contribution in [0.2, 0.25) is 0 Å². The summed E-state index contributed by atoms with van der Waals surface area (Å²) in [7, 11) is 4.61. The molecule has 1 aromatic heterocycles. The Kier molecular flexibility index (Phi) is 8.12. The van der Waals surface area contributed by atoms with Gasteiger partial charge >= 0.3 is 0 Å². The van der Waals surface area contributed by atoms with Gasteiger partial charge in [0, 0.05) is 29.1 Å². The van der Waals surface area contributed by atoms with Gasteiger partial charge in [0.2, 0.25) is 11.7 Å². The number of hydrogen-bond donors (Lipinski definition) is 1. The Hall–Kier alpha value is -4.58. The number of nitrogens with zero attached hydrogens (tertiary/aromatic N) is 4. The normalized spacial score (nSPS) is 11.5. The number of nitrogens with one attached hydrogen (secondary N) is 1. The van der Waals surface area contributed by atoms with Crippen molar-refractivity contribution < 1.29 is 23.9 Å². The maximum atomic E-state index is 12.9. The van der Waals surface area contributed by atoms with Crippen LogP contribution in [0, 0.1) is 10.1 Å². The van der Waals surface area contributed by atoms with Gasteiger partial charge in [-0.05, 0) is 43.3 Å². The van der Waals surface area contributed by atoms with E-state index < -0.39 is 10.2 Å². The minimum atomic E-state index is -0.565. The van der Waals surface area contributed by atoms with Crippen molar-refractivity contribution in [3.05, 3.63) is 76.8 Å². The monoisotopic (exact) mass is 535 g/mol. The number of nitro groups is 1. The molecule has 1 unspecified atom stereocenters. The number of aromatic nitrogens is 3. The minimum Gasteiger partial charge on any atom is -0.493 e. The summed E-state index contributed by atoms with van der Waals surface area (Å²) in [4.78, 5) is 23.3. The maximum Gasteiger partial charge on any atom is 0.269 e. The highest BCUT2D eigenvalue weighted by molar-refractivity contribution is 8.00. The third-order valence-electron chi connectivity index (χ3n) is 5.57. The zero-order valence-electron chi connectivity index (χ0n) is 21.1. The van der Waals surface area contributed by atoms with Crippen LogP contribution in [0.25, 0.3) is 17.1 Å². The lowest BCUT2D eigenvalue weighted by Crippen LogP contribution is -2.22. The van der Waals surface area contributed by atoms with Crippen molar-refractivity contribution in [3.8, 4) is 34.3 Å². The largest absolute Gasteiger partial charge is 0.493 e. The number of ether oxygens (including phenoxy) is 3. The highest BCUT2D eigenvalue weighted by Crippen LogP contribution is 2.42. The molecule has 0 bridgehead atoms. The predicted molar refractivity (Wildman–Crippen MR) is 143 cm³/mol. The number of nitro benzene ring substituents is 1. The second-order valence-electron chi connectivity index (χ2n) is 7.94. The highest BCUT2D eigenvalue weighted by atomic mass is 32.2. The molecule has 0 aliphatic rings. The van der Waals surface area contributed by atoms with Crippen molar-refractivity contribution in [1.29, 1.82) is 0 Å². The summed E-state index contributed by atoms with van der Waals surface area (Å²) in [6.45, 7) is 1.74. The first-order valence-corrected chi connectivity index (χ1v) is 12.3. The minimum absolute atomic E-state index is 0.0549. The summed E-state index contributed by atoms with van der Waals surface area (Å²) < 4.78 is 18.3. The maximum absolute atomic E-state index is 12.9. The van der Waals surface area contributed by atoms with Crippen LogP contribution in [0.1, 0.15) is 6.92 Å². The standard InChI is InChI=1S/C26H25N5O6S/c1-16(25(32)27-18-10-12-20(13-11-18)31(33)34)38-26-29-28-24(30(26)19-8-6-5-7-9-19)17-14-21(35-2)23(37-4)22(15-17)36-3/h5-16H,1-4H3,(H,27,32). The number of thioether (sulfide) groups is 1. The quantitative estimate of drug-likeness (QED) is 0.170. The zero-order chi connectivity index (χ0) is 27.2. The summed E-state index contributed by atoms with van der Waals surface area (Å²) >= 11 is 1.23. The molecule has 1 N–H and O–H groups in total.